The van der Waals surface area contributed by atoms with Crippen molar-refractivity contribution in [3.8, 4) is 28.7 Å². The second kappa shape index (κ2) is 10.3. The highest BCUT2D eigenvalue weighted by Gasteiger charge is 2.18. The van der Waals surface area contributed by atoms with E-state index in [-0.39, 0.29) is 22.1 Å². The second-order valence-corrected chi connectivity index (χ2v) is 8.65. The van der Waals surface area contributed by atoms with Crippen molar-refractivity contribution in [2.45, 2.75) is 4.90 Å². The Labute approximate surface area is 197 Å². The number of phenolic OH excluding ortho intramolecular Hbond substituents is 1. The maximum absolute atomic E-state index is 13.2. The molecule has 0 heterocycles. The number of hydrogen-bond donors (Lipinski definition) is 2. The number of anilines is 1. The van der Waals surface area contributed by atoms with Gasteiger partial charge in [-0.25, -0.2) is 12.8 Å². The molecular formula is C24H24FNO7S. The maximum Gasteiger partial charge on any atom is 0.261 e. The molecule has 3 aromatic rings. The highest BCUT2D eigenvalue weighted by atomic mass is 32.2. The number of halogens is 1. The van der Waals surface area contributed by atoms with Gasteiger partial charge in [0, 0.05) is 11.6 Å². The Morgan fingerprint density at radius 1 is 0.824 bits per heavy atom. The van der Waals surface area contributed by atoms with E-state index in [1.807, 2.05) is 0 Å². The van der Waals surface area contributed by atoms with Crippen LogP contribution >= 0.6 is 0 Å². The van der Waals surface area contributed by atoms with Crippen molar-refractivity contribution in [3.05, 3.63) is 65.5 Å². The Bertz CT molecular complexity index is 1280. The largest absolute Gasteiger partial charge is 0.504 e. The molecular weight excluding hydrogens is 465 g/mol. The van der Waals surface area contributed by atoms with Gasteiger partial charge in [0.15, 0.2) is 23.0 Å². The van der Waals surface area contributed by atoms with Crippen LogP contribution in [0.4, 0.5) is 10.1 Å². The van der Waals surface area contributed by atoms with Crippen LogP contribution < -0.4 is 23.7 Å². The number of rotatable bonds is 9. The molecule has 0 aromatic heterocycles. The summed E-state index contributed by atoms with van der Waals surface area (Å²) in [5.41, 5.74) is 1.15. The van der Waals surface area contributed by atoms with Crippen molar-refractivity contribution < 1.29 is 36.9 Å². The van der Waals surface area contributed by atoms with Crippen molar-refractivity contribution in [2.75, 3.05) is 33.2 Å². The zero-order chi connectivity index (χ0) is 24.9. The number of methoxy groups -OCH3 is 4. The van der Waals surface area contributed by atoms with Crippen molar-refractivity contribution >= 4 is 27.9 Å². The van der Waals surface area contributed by atoms with Gasteiger partial charge in [-0.3, -0.25) is 4.72 Å². The molecule has 8 nitrogen and oxygen atoms in total. The Hall–Kier alpha value is -3.92. The van der Waals surface area contributed by atoms with Crippen LogP contribution in [0.3, 0.4) is 0 Å². The molecule has 0 aliphatic carbocycles. The first-order valence-corrected chi connectivity index (χ1v) is 11.4. The normalized spacial score (nSPS) is 11.3. The van der Waals surface area contributed by atoms with E-state index < -0.39 is 15.8 Å². The minimum atomic E-state index is -4.05. The third-order valence-electron chi connectivity index (χ3n) is 4.86. The predicted molar refractivity (Wildman–Crippen MR) is 127 cm³/mol. The van der Waals surface area contributed by atoms with Gasteiger partial charge in [0.2, 0.25) is 5.75 Å². The molecule has 3 rings (SSSR count). The van der Waals surface area contributed by atoms with Gasteiger partial charge >= 0.3 is 0 Å². The minimum Gasteiger partial charge on any atom is -0.504 e. The zero-order valence-corrected chi connectivity index (χ0v) is 19.8. The topological polar surface area (TPSA) is 103 Å². The molecule has 34 heavy (non-hydrogen) atoms. The summed E-state index contributed by atoms with van der Waals surface area (Å²) in [4.78, 5) is -0.125. The van der Waals surface area contributed by atoms with E-state index in [2.05, 4.69) is 4.72 Å². The van der Waals surface area contributed by atoms with Crippen LogP contribution in [0, 0.1) is 5.82 Å². The minimum absolute atomic E-state index is 0.0711. The summed E-state index contributed by atoms with van der Waals surface area (Å²) in [7, 11) is 1.78. The van der Waals surface area contributed by atoms with Crippen LogP contribution in [0.25, 0.3) is 12.2 Å². The van der Waals surface area contributed by atoms with Gasteiger partial charge < -0.3 is 24.1 Å². The Kier molecular flexibility index (Phi) is 7.52. The van der Waals surface area contributed by atoms with Gasteiger partial charge in [-0.05, 0) is 48.0 Å². The first-order valence-electron chi connectivity index (χ1n) is 9.90. The third kappa shape index (κ3) is 5.34. The highest BCUT2D eigenvalue weighted by Crippen LogP contribution is 2.39. The van der Waals surface area contributed by atoms with Crippen LogP contribution in [0.5, 0.6) is 28.7 Å². The molecule has 0 unspecified atom stereocenters. The van der Waals surface area contributed by atoms with Gasteiger partial charge in [0.05, 0.1) is 39.0 Å². The van der Waals surface area contributed by atoms with Crippen molar-refractivity contribution in [2.24, 2.45) is 0 Å². The lowest BCUT2D eigenvalue weighted by atomic mass is 10.1. The summed E-state index contributed by atoms with van der Waals surface area (Å²) in [5.74, 6) is 0.641. The molecule has 0 aliphatic heterocycles. The van der Waals surface area contributed by atoms with Gasteiger partial charge in [0.25, 0.3) is 10.0 Å². The van der Waals surface area contributed by atoms with E-state index in [4.69, 9.17) is 18.9 Å². The molecule has 0 radical (unpaired) electrons. The smallest absolute Gasteiger partial charge is 0.261 e. The van der Waals surface area contributed by atoms with Crippen LogP contribution in [0.15, 0.2) is 53.4 Å². The van der Waals surface area contributed by atoms with E-state index in [9.17, 15) is 17.9 Å². The molecule has 0 saturated carbocycles. The summed E-state index contributed by atoms with van der Waals surface area (Å²) in [6.45, 7) is 0. The van der Waals surface area contributed by atoms with E-state index in [0.29, 0.717) is 28.4 Å². The monoisotopic (exact) mass is 489 g/mol. The van der Waals surface area contributed by atoms with Gasteiger partial charge in [-0.15, -0.1) is 0 Å². The fraction of sp³-hybridized carbons (Fsp3) is 0.167. The molecule has 0 saturated heterocycles. The Morgan fingerprint density at radius 2 is 1.41 bits per heavy atom. The number of ether oxygens (including phenoxy) is 4. The standard InChI is InChI=1S/C24H24FNO7S/c1-30-21-14-19(26-34(28,29)18-9-7-17(25)8-10-18)16(13-20(21)27)6-5-15-11-22(31-2)24(33-4)23(12-15)32-3/h5-14,26-27H,1-4H3/b6-5-. The van der Waals surface area contributed by atoms with Crippen molar-refractivity contribution in [1.82, 2.24) is 0 Å². The van der Waals surface area contributed by atoms with Crippen LogP contribution in [-0.4, -0.2) is 42.0 Å². The number of nitrogens with one attached hydrogen (secondary N) is 1. The Balaban J connectivity index is 2.04. The average molecular weight is 490 g/mol. The van der Waals surface area contributed by atoms with Crippen molar-refractivity contribution in [3.63, 3.8) is 0 Å². The van der Waals surface area contributed by atoms with E-state index in [0.717, 1.165) is 24.3 Å². The quantitative estimate of drug-likeness (QED) is 0.336. The number of hydrogen-bond acceptors (Lipinski definition) is 7. The third-order valence-corrected chi connectivity index (χ3v) is 6.24. The fourth-order valence-corrected chi connectivity index (χ4v) is 4.25. The van der Waals surface area contributed by atoms with Gasteiger partial charge in [-0.1, -0.05) is 12.2 Å². The summed E-state index contributed by atoms with van der Waals surface area (Å²) in [6.07, 6.45) is 3.28. The number of sulfonamides is 1. The molecule has 180 valence electrons. The van der Waals surface area contributed by atoms with E-state index in [1.165, 1.54) is 40.6 Å². The van der Waals surface area contributed by atoms with Gasteiger partial charge in [0.1, 0.15) is 5.82 Å². The Morgan fingerprint density at radius 3 is 1.94 bits per heavy atom. The fourth-order valence-electron chi connectivity index (χ4n) is 3.18. The second-order valence-electron chi connectivity index (χ2n) is 6.96. The van der Waals surface area contributed by atoms with Crippen molar-refractivity contribution in [1.29, 1.82) is 0 Å². The van der Waals surface area contributed by atoms with E-state index >= 15 is 0 Å². The number of benzene rings is 3. The molecule has 0 aliphatic rings. The van der Waals surface area contributed by atoms with Crippen LogP contribution in [0.1, 0.15) is 11.1 Å². The molecule has 0 atom stereocenters. The molecule has 0 amide bonds. The SMILES string of the molecule is COc1cc(NS(=O)(=O)c2ccc(F)cc2)c(/C=C\c2cc(OC)c(OC)c(OC)c2)cc1O. The highest BCUT2D eigenvalue weighted by molar-refractivity contribution is 7.92. The molecule has 0 fully saturated rings. The molecule has 2 N–H and O–H groups in total. The summed E-state index contributed by atoms with van der Waals surface area (Å²) in [5, 5.41) is 10.3. The zero-order valence-electron chi connectivity index (χ0n) is 19.0. The first kappa shape index (κ1) is 24.7. The predicted octanol–water partition coefficient (Wildman–Crippen LogP) is 4.54. The van der Waals surface area contributed by atoms with Crippen LogP contribution in [-0.2, 0) is 10.0 Å². The van der Waals surface area contributed by atoms with E-state index in [1.54, 1.807) is 24.3 Å². The molecule has 10 heteroatoms. The number of phenols is 1. The maximum atomic E-state index is 13.2. The van der Waals surface area contributed by atoms with Crippen LogP contribution in [0.2, 0.25) is 0 Å². The molecule has 0 bridgehead atoms. The lowest BCUT2D eigenvalue weighted by Gasteiger charge is -2.14. The van der Waals surface area contributed by atoms with Gasteiger partial charge in [-0.2, -0.15) is 0 Å². The summed E-state index contributed by atoms with van der Waals surface area (Å²) in [6, 6.07) is 10.5. The average Bonchev–Trinajstić information content (AvgIpc) is 2.83. The summed E-state index contributed by atoms with van der Waals surface area (Å²) < 4.78 is 62.5. The number of aromatic hydroxyl groups is 1. The lowest BCUT2D eigenvalue weighted by Crippen LogP contribution is -2.14. The first-order chi connectivity index (χ1) is 16.2. The lowest BCUT2D eigenvalue weighted by molar-refractivity contribution is 0.324. The molecule has 3 aromatic carbocycles. The summed E-state index contributed by atoms with van der Waals surface area (Å²) >= 11 is 0. The molecule has 0 spiro atoms.